The van der Waals surface area contributed by atoms with Crippen LogP contribution >= 0.6 is 0 Å². The minimum atomic E-state index is -0.508. The highest BCUT2D eigenvalue weighted by atomic mass is 19.1. The Morgan fingerprint density at radius 3 is 2.52 bits per heavy atom. The molecule has 0 aliphatic rings. The molecule has 0 radical (unpaired) electrons. The van der Waals surface area contributed by atoms with E-state index in [4.69, 9.17) is 0 Å². The number of rotatable bonds is 6. The van der Waals surface area contributed by atoms with Gasteiger partial charge >= 0.3 is 0 Å². The first-order valence-corrected chi connectivity index (χ1v) is 7.15. The van der Waals surface area contributed by atoms with Gasteiger partial charge in [-0.25, -0.2) is 4.39 Å². The first-order valence-electron chi connectivity index (χ1n) is 7.15. The lowest BCUT2D eigenvalue weighted by atomic mass is 10.0. The summed E-state index contributed by atoms with van der Waals surface area (Å²) in [5, 5.41) is 13.6. The molecule has 0 aliphatic heterocycles. The van der Waals surface area contributed by atoms with Crippen molar-refractivity contribution >= 4 is 0 Å². The maximum atomic E-state index is 13.2. The molecule has 1 aromatic heterocycles. The van der Waals surface area contributed by atoms with Gasteiger partial charge in [-0.1, -0.05) is 30.3 Å². The van der Waals surface area contributed by atoms with Crippen LogP contribution < -0.4 is 5.32 Å². The molecule has 0 saturated heterocycles. The van der Waals surface area contributed by atoms with E-state index in [0.29, 0.717) is 6.42 Å². The van der Waals surface area contributed by atoms with Crippen LogP contribution in [0.2, 0.25) is 0 Å². The fourth-order valence-electron chi connectivity index (χ4n) is 2.40. The van der Waals surface area contributed by atoms with E-state index in [1.807, 2.05) is 44.2 Å². The first kappa shape index (κ1) is 15.6. The van der Waals surface area contributed by atoms with Gasteiger partial charge in [-0.3, -0.25) is 4.98 Å². The van der Waals surface area contributed by atoms with Crippen molar-refractivity contribution in [3.8, 4) is 0 Å². The van der Waals surface area contributed by atoms with Gasteiger partial charge < -0.3 is 10.4 Å². The van der Waals surface area contributed by atoms with E-state index >= 15 is 0 Å². The van der Waals surface area contributed by atoms with E-state index in [2.05, 4.69) is 10.3 Å². The van der Waals surface area contributed by atoms with E-state index in [-0.39, 0.29) is 17.9 Å². The number of aromatic nitrogens is 1. The molecular weight excluding hydrogens is 267 g/mol. The third-order valence-corrected chi connectivity index (χ3v) is 3.52. The van der Waals surface area contributed by atoms with Gasteiger partial charge in [-0.15, -0.1) is 0 Å². The molecule has 0 saturated carbocycles. The van der Waals surface area contributed by atoms with Crippen molar-refractivity contribution in [3.05, 3.63) is 65.7 Å². The summed E-state index contributed by atoms with van der Waals surface area (Å²) in [6, 6.07) is 11.1. The number of pyridine rings is 1. The fraction of sp³-hybridized carbons (Fsp3) is 0.353. The number of benzene rings is 1. The Kier molecular flexibility index (Phi) is 5.42. The normalized spacial score (nSPS) is 15.4. The van der Waals surface area contributed by atoms with Gasteiger partial charge in [0.25, 0.3) is 0 Å². The van der Waals surface area contributed by atoms with Crippen LogP contribution in [0.25, 0.3) is 0 Å². The Morgan fingerprint density at radius 2 is 1.86 bits per heavy atom. The average molecular weight is 288 g/mol. The maximum Gasteiger partial charge on any atom is 0.141 e. The topological polar surface area (TPSA) is 45.1 Å². The molecular formula is C17H21FN2O. The van der Waals surface area contributed by atoms with Crippen LogP contribution in [0.3, 0.4) is 0 Å². The second kappa shape index (κ2) is 7.29. The SMILES string of the molecule is CC(CC(O)c1ccccc1)NC(C)c1cncc(F)c1. The van der Waals surface area contributed by atoms with Crippen LogP contribution in [0.15, 0.2) is 48.8 Å². The van der Waals surface area contributed by atoms with Crippen LogP contribution in [0.5, 0.6) is 0 Å². The zero-order valence-electron chi connectivity index (χ0n) is 12.3. The Balaban J connectivity index is 1.91. The maximum absolute atomic E-state index is 13.2. The zero-order valence-corrected chi connectivity index (χ0v) is 12.3. The first-order chi connectivity index (χ1) is 10.1. The van der Waals surface area contributed by atoms with E-state index in [0.717, 1.165) is 11.1 Å². The van der Waals surface area contributed by atoms with Crippen molar-refractivity contribution in [2.24, 2.45) is 0 Å². The van der Waals surface area contributed by atoms with E-state index < -0.39 is 6.10 Å². The Morgan fingerprint density at radius 1 is 1.14 bits per heavy atom. The number of hydrogen-bond acceptors (Lipinski definition) is 3. The van der Waals surface area contributed by atoms with Gasteiger partial charge in [0, 0.05) is 18.3 Å². The van der Waals surface area contributed by atoms with Crippen molar-refractivity contribution in [2.75, 3.05) is 0 Å². The van der Waals surface area contributed by atoms with Crippen LogP contribution in [0.4, 0.5) is 4.39 Å². The molecule has 0 amide bonds. The number of aliphatic hydroxyl groups excluding tert-OH is 1. The van der Waals surface area contributed by atoms with Gasteiger partial charge in [-0.2, -0.15) is 0 Å². The second-order valence-corrected chi connectivity index (χ2v) is 5.39. The third-order valence-electron chi connectivity index (χ3n) is 3.52. The molecule has 21 heavy (non-hydrogen) atoms. The van der Waals surface area contributed by atoms with E-state index in [1.165, 1.54) is 12.3 Å². The molecule has 112 valence electrons. The van der Waals surface area contributed by atoms with Gasteiger partial charge in [-0.05, 0) is 37.5 Å². The molecule has 1 heterocycles. The summed E-state index contributed by atoms with van der Waals surface area (Å²) >= 11 is 0. The molecule has 3 unspecified atom stereocenters. The summed E-state index contributed by atoms with van der Waals surface area (Å²) in [5.74, 6) is -0.335. The standard InChI is InChI=1S/C17H21FN2O/c1-12(8-17(21)14-6-4-3-5-7-14)20-13(2)15-9-16(18)11-19-10-15/h3-7,9-13,17,20-21H,8H2,1-2H3. The highest BCUT2D eigenvalue weighted by molar-refractivity contribution is 5.18. The quantitative estimate of drug-likeness (QED) is 0.856. The summed E-state index contributed by atoms with van der Waals surface area (Å²) in [4.78, 5) is 3.86. The molecule has 0 bridgehead atoms. The van der Waals surface area contributed by atoms with Crippen LogP contribution in [-0.2, 0) is 0 Å². The lowest BCUT2D eigenvalue weighted by molar-refractivity contribution is 0.152. The third kappa shape index (κ3) is 4.62. The summed E-state index contributed by atoms with van der Waals surface area (Å²) in [6.45, 7) is 3.97. The van der Waals surface area contributed by atoms with Crippen LogP contribution in [0, 0.1) is 5.82 Å². The zero-order chi connectivity index (χ0) is 15.2. The van der Waals surface area contributed by atoms with E-state index in [1.54, 1.807) is 6.20 Å². The molecule has 0 fully saturated rings. The molecule has 2 N–H and O–H groups in total. The molecule has 2 aromatic rings. The lowest BCUT2D eigenvalue weighted by Crippen LogP contribution is -2.30. The number of nitrogens with zero attached hydrogens (tertiary/aromatic N) is 1. The average Bonchev–Trinajstić information content (AvgIpc) is 2.48. The number of nitrogens with one attached hydrogen (secondary N) is 1. The number of aliphatic hydroxyl groups is 1. The predicted octanol–water partition coefficient (Wildman–Crippen LogP) is 3.38. The summed E-state index contributed by atoms with van der Waals surface area (Å²) in [5.41, 5.74) is 1.71. The predicted molar refractivity (Wildman–Crippen MR) is 81.2 cm³/mol. The Hall–Kier alpha value is -1.78. The monoisotopic (exact) mass is 288 g/mol. The fourth-order valence-corrected chi connectivity index (χ4v) is 2.40. The van der Waals surface area contributed by atoms with Crippen molar-refractivity contribution in [2.45, 2.75) is 38.5 Å². The van der Waals surface area contributed by atoms with Crippen molar-refractivity contribution in [1.82, 2.24) is 10.3 Å². The molecule has 3 nitrogen and oxygen atoms in total. The summed E-state index contributed by atoms with van der Waals surface area (Å²) < 4.78 is 13.2. The minimum Gasteiger partial charge on any atom is -0.388 e. The minimum absolute atomic E-state index is 0.0221. The summed E-state index contributed by atoms with van der Waals surface area (Å²) in [7, 11) is 0. The van der Waals surface area contributed by atoms with Crippen molar-refractivity contribution in [3.63, 3.8) is 0 Å². The van der Waals surface area contributed by atoms with Crippen LogP contribution in [0.1, 0.15) is 43.5 Å². The molecule has 4 heteroatoms. The van der Waals surface area contributed by atoms with Crippen molar-refractivity contribution in [1.29, 1.82) is 0 Å². The Bertz CT molecular complexity index is 562. The van der Waals surface area contributed by atoms with Crippen LogP contribution in [-0.4, -0.2) is 16.1 Å². The molecule has 1 aromatic carbocycles. The van der Waals surface area contributed by atoms with Crippen molar-refractivity contribution < 1.29 is 9.50 Å². The number of hydrogen-bond donors (Lipinski definition) is 2. The van der Waals surface area contributed by atoms with Gasteiger partial charge in [0.1, 0.15) is 5.82 Å². The molecule has 0 aliphatic carbocycles. The highest BCUT2D eigenvalue weighted by Gasteiger charge is 2.15. The molecule has 2 rings (SSSR count). The van der Waals surface area contributed by atoms with E-state index in [9.17, 15) is 9.50 Å². The molecule has 0 spiro atoms. The van der Waals surface area contributed by atoms with Gasteiger partial charge in [0.2, 0.25) is 0 Å². The highest BCUT2D eigenvalue weighted by Crippen LogP contribution is 2.20. The van der Waals surface area contributed by atoms with Gasteiger partial charge in [0.05, 0.1) is 12.3 Å². The van der Waals surface area contributed by atoms with Gasteiger partial charge in [0.15, 0.2) is 0 Å². The smallest absolute Gasteiger partial charge is 0.141 e. The molecule has 3 atom stereocenters. The number of halogens is 1. The summed E-state index contributed by atoms with van der Waals surface area (Å²) in [6.07, 6.45) is 2.93. The second-order valence-electron chi connectivity index (χ2n) is 5.39. The largest absolute Gasteiger partial charge is 0.388 e. The lowest BCUT2D eigenvalue weighted by Gasteiger charge is -2.22. The Labute approximate surface area is 124 Å².